The number of hydrogen-bond acceptors (Lipinski definition) is 8. The number of rotatable bonds is 8. The monoisotopic (exact) mass is 1110 g/mol. The standard InChI is InChI=1S/C27H44O3.C22H29FO5.2ClH.2H2N.Pt/c1-18(8-6-14-26(3,4)30)23-12-13-24-20(9-7-15-27(23,24)5)10-11-21-16-22(28)17-25(29)19(21)2;1-12-8-16-15-5-4-13-9-14(25)6-7-19(13,2)21(15,23)17(26)10-20(16,3)22(12,28)18(27)11-24;;;;;/h10-11,18,22-25,28-30H,2,6-9,12-17H2,1,3-5H3;6-7,9,12,15-17,24,26,28H,4-5,8,10-11H2,1-3H3;2*1H;2*1H2;/q;;;;2*-1;+4/p-2/b20-10+,21-11-;;;;;;/t18-,22-,23-,24+,25+,27-;12-,15+,16+,17+,19+,20+,21+,22+;;;;;/m11...../s1. The number of fused-ring (bicyclic) bond motifs is 6. The topological polar surface area (TPSA) is 223 Å². The first kappa shape index (κ1) is 56.2. The summed E-state index contributed by atoms with van der Waals surface area (Å²) in [5.41, 5.74) is -2.00. The van der Waals surface area contributed by atoms with E-state index in [1.165, 1.54) is 50.7 Å². The number of ketones is 2. The van der Waals surface area contributed by atoms with Gasteiger partial charge in [0.1, 0.15) is 12.2 Å². The van der Waals surface area contributed by atoms with E-state index < -0.39 is 86.7 Å². The van der Waals surface area contributed by atoms with Crippen LogP contribution < -0.4 is 0 Å². The Morgan fingerprint density at radius 1 is 1.06 bits per heavy atom. The molecule has 7 rings (SSSR count). The van der Waals surface area contributed by atoms with E-state index in [2.05, 4.69) is 32.6 Å². The van der Waals surface area contributed by atoms with Crippen LogP contribution >= 0.6 is 18.8 Å². The van der Waals surface area contributed by atoms with Gasteiger partial charge in [-0.1, -0.05) is 76.5 Å². The van der Waals surface area contributed by atoms with Crippen molar-refractivity contribution in [3.8, 4) is 0 Å². The molecule has 6 saturated carbocycles. The minimum atomic E-state index is -1.98. The van der Waals surface area contributed by atoms with Gasteiger partial charge in [-0.2, -0.15) is 0 Å². The Bertz CT molecular complexity index is 1790. The van der Waals surface area contributed by atoms with E-state index in [9.17, 15) is 40.2 Å². The summed E-state index contributed by atoms with van der Waals surface area (Å²) < 4.78 is 16.9. The molecule has 0 spiro atoms. The summed E-state index contributed by atoms with van der Waals surface area (Å²) in [7, 11) is 9.75. The van der Waals surface area contributed by atoms with Gasteiger partial charge in [0.25, 0.3) is 0 Å². The molecule has 0 radical (unpaired) electrons. The molecule has 0 amide bonds. The molecule has 0 aromatic rings. The van der Waals surface area contributed by atoms with Crippen LogP contribution in [0.3, 0.4) is 0 Å². The van der Waals surface area contributed by atoms with Crippen molar-refractivity contribution in [1.82, 2.24) is 0 Å². The molecular formula is C49H77Cl2FN2O8Pt. The fourth-order valence-electron chi connectivity index (χ4n) is 14.0. The summed E-state index contributed by atoms with van der Waals surface area (Å²) in [5.74, 6) is -0.0136. The third-order valence-corrected chi connectivity index (χ3v) is 17.2. The molecule has 0 aliphatic heterocycles. The summed E-state index contributed by atoms with van der Waals surface area (Å²) >= 11 is -0.472. The maximum absolute atomic E-state index is 16.9. The number of hydrogen-bond donors (Lipinski definition) is 6. The number of aliphatic hydroxyl groups excluding tert-OH is 4. The van der Waals surface area contributed by atoms with Crippen LogP contribution in [0.2, 0.25) is 0 Å². The predicted molar refractivity (Wildman–Crippen MR) is 246 cm³/mol. The summed E-state index contributed by atoms with van der Waals surface area (Å²) in [6, 6.07) is 0. The van der Waals surface area contributed by atoms with Crippen LogP contribution in [0, 0.1) is 51.8 Å². The van der Waals surface area contributed by atoms with Crippen molar-refractivity contribution in [2.75, 3.05) is 6.61 Å². The largest absolute Gasteiger partial charge is 0.693 e. The average Bonchev–Trinajstić information content (AvgIpc) is 3.64. The molecule has 63 heavy (non-hydrogen) atoms. The van der Waals surface area contributed by atoms with E-state index >= 15 is 4.39 Å². The zero-order valence-corrected chi connectivity index (χ0v) is 42.3. The van der Waals surface area contributed by atoms with Crippen molar-refractivity contribution in [3.05, 3.63) is 71.6 Å². The minimum Gasteiger partial charge on any atom is -0.693 e. The fourth-order valence-corrected chi connectivity index (χ4v) is 14.0. The van der Waals surface area contributed by atoms with Gasteiger partial charge in [-0.25, -0.2) is 4.39 Å². The van der Waals surface area contributed by atoms with Crippen LogP contribution in [-0.4, -0.2) is 84.0 Å². The van der Waals surface area contributed by atoms with Crippen LogP contribution in [0.15, 0.2) is 59.3 Å². The SMILES string of the molecule is C=C1/C(=C\C=C2/CCC[C@]3(C)[C@@H]([C@H](C)CCCC(C)(C)O)CC[C@@H]23)C[C@@H](O)C[C@@H]1O.C[C@@H]1C[C@H]2[C@@H]3CCC4=CC(=O)C=C[C@]4(C)[C@@]3(F)[C@@H](O)C[C@]2(C)[C@@]1(O)C(=O)CO.[Cl][Pt+2][Cl].[NH2-].[NH2-]. The van der Waals surface area contributed by atoms with E-state index in [0.717, 1.165) is 29.9 Å². The van der Waals surface area contributed by atoms with Gasteiger partial charge in [-0.15, -0.1) is 0 Å². The maximum Gasteiger partial charge on any atom is -0.693 e. The number of aliphatic hydroxyl groups is 6. The third kappa shape index (κ3) is 10.4. The van der Waals surface area contributed by atoms with Crippen LogP contribution in [0.25, 0.3) is 12.3 Å². The second-order valence-corrected chi connectivity index (χ2v) is 24.4. The summed E-state index contributed by atoms with van der Waals surface area (Å²) in [4.78, 5) is 24.4. The van der Waals surface area contributed by atoms with Crippen molar-refractivity contribution < 1.29 is 61.1 Å². The number of carbonyl (C=O) groups excluding carboxylic acids is 2. The first-order valence-electron chi connectivity index (χ1n) is 22.6. The van der Waals surface area contributed by atoms with E-state index in [0.29, 0.717) is 54.9 Å². The van der Waals surface area contributed by atoms with Crippen molar-refractivity contribution >= 4 is 30.4 Å². The van der Waals surface area contributed by atoms with Gasteiger partial charge in [-0.3, -0.25) is 9.59 Å². The van der Waals surface area contributed by atoms with E-state index in [4.69, 9.17) is 18.8 Å². The van der Waals surface area contributed by atoms with Gasteiger partial charge >= 0.3 is 35.3 Å². The Balaban J connectivity index is 0.000000307. The second-order valence-electron chi connectivity index (χ2n) is 21.1. The summed E-state index contributed by atoms with van der Waals surface area (Å²) in [6.45, 7) is 17.3. The average molecular weight is 1110 g/mol. The molecule has 7 aliphatic carbocycles. The fraction of sp³-hybridized carbons (Fsp3) is 0.755. The first-order valence-corrected chi connectivity index (χ1v) is 28.2. The Kier molecular flexibility index (Phi) is 19.2. The molecule has 14 heteroatoms. The first-order chi connectivity index (χ1) is 28.4. The van der Waals surface area contributed by atoms with Gasteiger partial charge in [0.2, 0.25) is 0 Å². The van der Waals surface area contributed by atoms with E-state index in [1.54, 1.807) is 32.4 Å². The Hall–Kier alpha value is -1.08. The van der Waals surface area contributed by atoms with Crippen LogP contribution in [0.4, 0.5) is 4.39 Å². The van der Waals surface area contributed by atoms with Crippen LogP contribution in [0.1, 0.15) is 138 Å². The number of halogens is 3. The van der Waals surface area contributed by atoms with Gasteiger partial charge < -0.3 is 42.9 Å². The van der Waals surface area contributed by atoms with Crippen molar-refractivity contribution in [2.24, 2.45) is 51.8 Å². The molecule has 362 valence electrons. The van der Waals surface area contributed by atoms with Gasteiger partial charge in [0.05, 0.1) is 23.9 Å². The van der Waals surface area contributed by atoms with Crippen LogP contribution in [-0.2, 0) is 26.1 Å². The quantitative estimate of drug-likeness (QED) is 0.137. The molecule has 0 saturated heterocycles. The Labute approximate surface area is 392 Å². The van der Waals surface area contributed by atoms with Crippen molar-refractivity contribution in [2.45, 2.75) is 174 Å². The Morgan fingerprint density at radius 2 is 1.71 bits per heavy atom. The predicted octanol–water partition coefficient (Wildman–Crippen LogP) is 10.4. The zero-order valence-electron chi connectivity index (χ0n) is 38.5. The van der Waals surface area contributed by atoms with Crippen LogP contribution in [0.5, 0.6) is 0 Å². The molecule has 10 N–H and O–H groups in total. The van der Waals surface area contributed by atoms with Gasteiger partial charge in [-0.05, 0) is 150 Å². The van der Waals surface area contributed by atoms with Crippen molar-refractivity contribution in [1.29, 1.82) is 0 Å². The molecule has 0 aromatic carbocycles. The summed E-state index contributed by atoms with van der Waals surface area (Å²) in [6.07, 6.45) is 18.3. The zero-order chi connectivity index (χ0) is 45.5. The maximum atomic E-state index is 16.9. The molecule has 10 nitrogen and oxygen atoms in total. The molecule has 0 unspecified atom stereocenters. The molecule has 0 bridgehead atoms. The number of Topliss-reactive ketones (excluding diaryl/α,β-unsaturated/α-hetero) is 1. The molecule has 6 fully saturated rings. The molecule has 14 atom stereocenters. The normalized spacial score (nSPS) is 42.2. The van der Waals surface area contributed by atoms with Crippen molar-refractivity contribution in [3.63, 3.8) is 0 Å². The van der Waals surface area contributed by atoms with E-state index in [1.807, 2.05) is 13.8 Å². The van der Waals surface area contributed by atoms with E-state index in [-0.39, 0.29) is 30.4 Å². The number of allylic oxidation sites excluding steroid dienone is 7. The molecule has 0 aromatic heterocycles. The Morgan fingerprint density at radius 3 is 2.33 bits per heavy atom. The van der Waals surface area contributed by atoms with Gasteiger partial charge in [0.15, 0.2) is 17.2 Å². The third-order valence-electron chi connectivity index (χ3n) is 17.2. The molecular weight excluding hydrogens is 1030 g/mol. The molecule has 0 heterocycles. The smallest absolute Gasteiger partial charge is 0.693 e. The minimum absolute atomic E-state index is 0. The number of alkyl halides is 1. The van der Waals surface area contributed by atoms with Gasteiger partial charge in [0, 0.05) is 23.2 Å². The number of carbonyl (C=O) groups is 2. The summed E-state index contributed by atoms with van der Waals surface area (Å²) in [5, 5.41) is 62.2. The number of nitrogens with two attached hydrogens (primary N) is 2. The molecule has 7 aliphatic rings. The second kappa shape index (κ2) is 21.5.